The third-order valence-electron chi connectivity index (χ3n) is 4.58. The highest BCUT2D eigenvalue weighted by atomic mass is 16.5. The van der Waals surface area contributed by atoms with Crippen LogP contribution >= 0.6 is 0 Å². The Balaban J connectivity index is 1.94. The van der Waals surface area contributed by atoms with Crippen LogP contribution in [0.3, 0.4) is 0 Å². The number of rotatable bonds is 8. The van der Waals surface area contributed by atoms with Gasteiger partial charge in [0.25, 0.3) is 11.8 Å². The standard InChI is InChI=1S/C22H26N4O3/c1-4-6-14-25(3)22(28)19-17-12-9-10-15-26(17)20(24-19)21(27)23-16-11-7-8-13-18(16)29-5-2/h7-13,15H,4-6,14H2,1-3H3,(H,23,27). The molecule has 3 rings (SSSR count). The number of carbonyl (C=O) groups excluding carboxylic acids is 2. The molecule has 3 aromatic rings. The summed E-state index contributed by atoms with van der Waals surface area (Å²) in [6, 6.07) is 12.6. The number of fused-ring (bicyclic) bond motifs is 1. The van der Waals surface area contributed by atoms with E-state index in [4.69, 9.17) is 4.74 Å². The van der Waals surface area contributed by atoms with Crippen molar-refractivity contribution in [1.29, 1.82) is 0 Å². The SMILES string of the molecule is CCCCN(C)C(=O)c1nc(C(=O)Nc2ccccc2OCC)n2ccccc12. The van der Waals surface area contributed by atoms with E-state index in [0.29, 0.717) is 30.1 Å². The van der Waals surface area contributed by atoms with Crippen LogP contribution in [0.4, 0.5) is 5.69 Å². The van der Waals surface area contributed by atoms with Gasteiger partial charge in [0.15, 0.2) is 5.69 Å². The van der Waals surface area contributed by atoms with Gasteiger partial charge in [0.1, 0.15) is 5.75 Å². The minimum absolute atomic E-state index is 0.152. The Morgan fingerprint density at radius 2 is 1.90 bits per heavy atom. The van der Waals surface area contributed by atoms with Crippen LogP contribution in [0.5, 0.6) is 5.75 Å². The molecule has 2 aromatic heterocycles. The predicted molar refractivity (Wildman–Crippen MR) is 113 cm³/mol. The Morgan fingerprint density at radius 1 is 1.14 bits per heavy atom. The summed E-state index contributed by atoms with van der Waals surface area (Å²) >= 11 is 0. The van der Waals surface area contributed by atoms with Crippen LogP contribution < -0.4 is 10.1 Å². The summed E-state index contributed by atoms with van der Waals surface area (Å²) < 4.78 is 7.21. The second kappa shape index (κ2) is 9.23. The number of nitrogens with zero attached hydrogens (tertiary/aromatic N) is 3. The molecule has 0 aliphatic rings. The third-order valence-corrected chi connectivity index (χ3v) is 4.58. The number of imidazole rings is 1. The van der Waals surface area contributed by atoms with Gasteiger partial charge in [0, 0.05) is 19.8 Å². The van der Waals surface area contributed by atoms with Gasteiger partial charge >= 0.3 is 0 Å². The second-order valence-corrected chi connectivity index (χ2v) is 6.70. The first-order valence-corrected chi connectivity index (χ1v) is 9.82. The first-order chi connectivity index (χ1) is 14.1. The van der Waals surface area contributed by atoms with E-state index in [-0.39, 0.29) is 17.4 Å². The van der Waals surface area contributed by atoms with Crippen molar-refractivity contribution in [3.05, 3.63) is 60.2 Å². The topological polar surface area (TPSA) is 75.9 Å². The smallest absolute Gasteiger partial charge is 0.292 e. The zero-order valence-electron chi connectivity index (χ0n) is 17.0. The fourth-order valence-electron chi connectivity index (χ4n) is 3.06. The van der Waals surface area contributed by atoms with Crippen molar-refractivity contribution in [2.75, 3.05) is 25.5 Å². The molecule has 0 aliphatic carbocycles. The largest absolute Gasteiger partial charge is 0.492 e. The van der Waals surface area contributed by atoms with E-state index in [9.17, 15) is 9.59 Å². The molecule has 0 unspecified atom stereocenters. The summed E-state index contributed by atoms with van der Waals surface area (Å²) in [5.74, 6) is 0.128. The Kier molecular flexibility index (Phi) is 6.49. The number of benzene rings is 1. The van der Waals surface area contributed by atoms with Gasteiger partial charge in [-0.15, -0.1) is 0 Å². The van der Waals surface area contributed by atoms with Gasteiger partial charge in [-0.1, -0.05) is 31.5 Å². The minimum atomic E-state index is -0.409. The van der Waals surface area contributed by atoms with Gasteiger partial charge in [-0.3, -0.25) is 14.0 Å². The molecule has 7 heteroatoms. The van der Waals surface area contributed by atoms with E-state index in [1.165, 1.54) is 0 Å². The number of para-hydroxylation sites is 2. The number of nitrogens with one attached hydrogen (secondary N) is 1. The number of unbranched alkanes of at least 4 members (excludes halogenated alkanes) is 1. The normalized spacial score (nSPS) is 10.7. The number of anilines is 1. The molecule has 1 aromatic carbocycles. The predicted octanol–water partition coefficient (Wildman–Crippen LogP) is 3.86. The van der Waals surface area contributed by atoms with Gasteiger partial charge in [-0.2, -0.15) is 0 Å². The van der Waals surface area contributed by atoms with Crippen LogP contribution in [0.1, 0.15) is 47.8 Å². The van der Waals surface area contributed by atoms with E-state index in [0.717, 1.165) is 12.8 Å². The Hall–Kier alpha value is -3.35. The van der Waals surface area contributed by atoms with Crippen molar-refractivity contribution in [2.45, 2.75) is 26.7 Å². The van der Waals surface area contributed by atoms with E-state index in [1.54, 1.807) is 46.8 Å². The number of carbonyl (C=O) groups is 2. The van der Waals surface area contributed by atoms with Gasteiger partial charge in [0.2, 0.25) is 5.82 Å². The van der Waals surface area contributed by atoms with E-state index < -0.39 is 5.91 Å². The highest BCUT2D eigenvalue weighted by molar-refractivity contribution is 6.06. The Bertz CT molecular complexity index is 1010. The van der Waals surface area contributed by atoms with E-state index >= 15 is 0 Å². The van der Waals surface area contributed by atoms with Crippen molar-refractivity contribution in [1.82, 2.24) is 14.3 Å². The van der Waals surface area contributed by atoms with Crippen LogP contribution in [0.15, 0.2) is 48.7 Å². The van der Waals surface area contributed by atoms with Crippen molar-refractivity contribution in [2.24, 2.45) is 0 Å². The van der Waals surface area contributed by atoms with Crippen molar-refractivity contribution < 1.29 is 14.3 Å². The van der Waals surface area contributed by atoms with Crippen LogP contribution in [0.25, 0.3) is 5.52 Å². The number of amides is 2. The maximum absolute atomic E-state index is 13.0. The number of hydrogen-bond acceptors (Lipinski definition) is 4. The van der Waals surface area contributed by atoms with Crippen LogP contribution in [-0.2, 0) is 0 Å². The molecule has 0 fully saturated rings. The van der Waals surface area contributed by atoms with Gasteiger partial charge in [-0.05, 0) is 37.6 Å². The van der Waals surface area contributed by atoms with Crippen molar-refractivity contribution in [3.8, 4) is 5.75 Å². The molecule has 7 nitrogen and oxygen atoms in total. The lowest BCUT2D eigenvalue weighted by Gasteiger charge is -2.15. The average Bonchev–Trinajstić information content (AvgIpc) is 3.13. The molecule has 0 atom stereocenters. The third kappa shape index (κ3) is 4.39. The van der Waals surface area contributed by atoms with Crippen LogP contribution in [-0.4, -0.2) is 46.3 Å². The average molecular weight is 394 g/mol. The second-order valence-electron chi connectivity index (χ2n) is 6.70. The fourth-order valence-corrected chi connectivity index (χ4v) is 3.06. The lowest BCUT2D eigenvalue weighted by Crippen LogP contribution is -2.28. The van der Waals surface area contributed by atoms with Gasteiger partial charge in [0.05, 0.1) is 17.8 Å². The summed E-state index contributed by atoms with van der Waals surface area (Å²) in [6.07, 6.45) is 3.64. The molecule has 2 amide bonds. The molecular formula is C22H26N4O3. The summed E-state index contributed by atoms with van der Waals surface area (Å²) in [7, 11) is 1.75. The fraction of sp³-hybridized carbons (Fsp3) is 0.318. The molecule has 0 spiro atoms. The molecule has 1 N–H and O–H groups in total. The molecular weight excluding hydrogens is 368 g/mol. The number of hydrogen-bond donors (Lipinski definition) is 1. The van der Waals surface area contributed by atoms with Crippen molar-refractivity contribution in [3.63, 3.8) is 0 Å². The molecule has 29 heavy (non-hydrogen) atoms. The quantitative estimate of drug-likeness (QED) is 0.629. The monoisotopic (exact) mass is 394 g/mol. The van der Waals surface area contributed by atoms with Crippen LogP contribution in [0.2, 0.25) is 0 Å². The first-order valence-electron chi connectivity index (χ1n) is 9.82. The lowest BCUT2D eigenvalue weighted by atomic mass is 10.2. The number of aromatic nitrogens is 2. The van der Waals surface area contributed by atoms with E-state index in [2.05, 4.69) is 17.2 Å². The summed E-state index contributed by atoms with van der Waals surface area (Å²) in [4.78, 5) is 31.9. The highest BCUT2D eigenvalue weighted by Crippen LogP contribution is 2.25. The van der Waals surface area contributed by atoms with Crippen molar-refractivity contribution >= 4 is 23.0 Å². The Morgan fingerprint density at radius 3 is 2.66 bits per heavy atom. The molecule has 0 bridgehead atoms. The Labute approximate surface area is 170 Å². The molecule has 0 radical (unpaired) electrons. The van der Waals surface area contributed by atoms with E-state index in [1.807, 2.05) is 25.1 Å². The molecule has 0 saturated heterocycles. The summed E-state index contributed by atoms with van der Waals surface area (Å²) in [6.45, 7) is 5.09. The first kappa shape index (κ1) is 20.4. The molecule has 152 valence electrons. The number of ether oxygens (including phenoxy) is 1. The zero-order valence-corrected chi connectivity index (χ0v) is 17.0. The molecule has 0 saturated carbocycles. The van der Waals surface area contributed by atoms with Gasteiger partial charge in [-0.25, -0.2) is 4.98 Å². The lowest BCUT2D eigenvalue weighted by molar-refractivity contribution is 0.0790. The minimum Gasteiger partial charge on any atom is -0.492 e. The zero-order chi connectivity index (χ0) is 20.8. The molecule has 2 heterocycles. The summed E-state index contributed by atoms with van der Waals surface area (Å²) in [5.41, 5.74) is 1.43. The highest BCUT2D eigenvalue weighted by Gasteiger charge is 2.24. The maximum Gasteiger partial charge on any atom is 0.292 e. The van der Waals surface area contributed by atoms with Crippen LogP contribution in [0, 0.1) is 0 Å². The van der Waals surface area contributed by atoms with Gasteiger partial charge < -0.3 is 15.0 Å². The molecule has 0 aliphatic heterocycles. The maximum atomic E-state index is 13.0. The number of pyridine rings is 1. The summed E-state index contributed by atoms with van der Waals surface area (Å²) in [5, 5.41) is 2.85.